The molecule has 2 bridgehead atoms. The summed E-state index contributed by atoms with van der Waals surface area (Å²) in [7, 11) is 0. The molecule has 3 aromatic rings. The second-order valence-electron chi connectivity index (χ2n) is 11.4. The number of likely N-dealkylation sites (tertiary alicyclic amines) is 1. The molecule has 8 nitrogen and oxygen atoms in total. The minimum absolute atomic E-state index is 0.255. The van der Waals surface area contributed by atoms with E-state index < -0.39 is 35.6 Å². The topological polar surface area (TPSA) is 108 Å². The maximum atomic E-state index is 14.4. The molecule has 3 N–H and O–H groups in total. The van der Waals surface area contributed by atoms with Gasteiger partial charge in [0.25, 0.3) is 0 Å². The van der Waals surface area contributed by atoms with Crippen LogP contribution in [0.3, 0.4) is 0 Å². The van der Waals surface area contributed by atoms with Gasteiger partial charge in [-0.25, -0.2) is 0 Å². The maximum Gasteiger partial charge on any atom is 0.250 e. The Hall–Kier alpha value is -4.01. The number of amides is 3. The number of aliphatic hydroxyl groups is 1. The van der Waals surface area contributed by atoms with Crippen molar-refractivity contribution in [3.05, 3.63) is 101 Å². The highest BCUT2D eigenvalue weighted by Gasteiger charge is 2.75. The number of hydrogen-bond donors (Lipinski definition) is 3. The van der Waals surface area contributed by atoms with Gasteiger partial charge in [-0.3, -0.25) is 14.4 Å². The van der Waals surface area contributed by atoms with Crippen LogP contribution >= 0.6 is 0 Å². The number of nitrogens with zero attached hydrogens (tertiary/aromatic N) is 1. The molecule has 8 heteroatoms. The van der Waals surface area contributed by atoms with E-state index in [2.05, 4.69) is 10.6 Å². The van der Waals surface area contributed by atoms with Crippen LogP contribution in [0.4, 0.5) is 5.69 Å². The Balaban J connectivity index is 1.37. The summed E-state index contributed by atoms with van der Waals surface area (Å²) in [6.45, 7) is 3.83. The highest BCUT2D eigenvalue weighted by atomic mass is 16.5. The summed E-state index contributed by atoms with van der Waals surface area (Å²) >= 11 is 0. The van der Waals surface area contributed by atoms with Crippen molar-refractivity contribution in [3.8, 4) is 0 Å². The van der Waals surface area contributed by atoms with Gasteiger partial charge in [-0.15, -0.1) is 0 Å². The van der Waals surface area contributed by atoms with Gasteiger partial charge in [0.15, 0.2) is 0 Å². The van der Waals surface area contributed by atoms with Crippen LogP contribution in [0.1, 0.15) is 41.1 Å². The van der Waals surface area contributed by atoms with E-state index in [4.69, 9.17) is 4.74 Å². The number of rotatable bonds is 8. The molecule has 3 aliphatic heterocycles. The molecule has 3 aliphatic rings. The normalized spacial score (nSPS) is 27.0. The molecule has 1 spiro atoms. The lowest BCUT2D eigenvalue weighted by atomic mass is 9.70. The van der Waals surface area contributed by atoms with Crippen LogP contribution in [-0.2, 0) is 25.7 Å². The third-order valence-electron chi connectivity index (χ3n) is 8.94. The molecule has 3 heterocycles. The van der Waals surface area contributed by atoms with Gasteiger partial charge in [-0.05, 0) is 55.0 Å². The second kappa shape index (κ2) is 10.8. The average molecular weight is 554 g/mol. The van der Waals surface area contributed by atoms with Crippen molar-refractivity contribution in [3.63, 3.8) is 0 Å². The van der Waals surface area contributed by atoms with Gasteiger partial charge in [0.2, 0.25) is 17.7 Å². The van der Waals surface area contributed by atoms with Crippen molar-refractivity contribution in [2.75, 3.05) is 11.9 Å². The Morgan fingerprint density at radius 2 is 1.73 bits per heavy atom. The number of aliphatic hydroxyl groups excluding tert-OH is 1. The van der Waals surface area contributed by atoms with E-state index in [1.807, 2.05) is 92.7 Å². The summed E-state index contributed by atoms with van der Waals surface area (Å²) in [5, 5.41) is 16.7. The third kappa shape index (κ3) is 4.61. The molecular weight excluding hydrogens is 518 g/mol. The molecule has 3 aromatic carbocycles. The lowest BCUT2D eigenvalue weighted by Crippen LogP contribution is -2.54. The van der Waals surface area contributed by atoms with E-state index in [1.165, 1.54) is 4.90 Å². The molecule has 0 saturated carbocycles. The first kappa shape index (κ1) is 27.2. The third-order valence-corrected chi connectivity index (χ3v) is 8.94. The number of nitrogens with one attached hydrogen (secondary N) is 2. The minimum Gasteiger partial charge on any atom is -0.394 e. The number of aryl methyl sites for hydroxylation is 2. The molecular formula is C33H35N3O5. The Morgan fingerprint density at radius 1 is 1.02 bits per heavy atom. The lowest BCUT2D eigenvalue weighted by molar-refractivity contribution is -0.144. The summed E-state index contributed by atoms with van der Waals surface area (Å²) in [5.41, 5.74) is 3.04. The molecule has 0 aliphatic carbocycles. The van der Waals surface area contributed by atoms with E-state index in [0.29, 0.717) is 30.6 Å². The highest BCUT2D eigenvalue weighted by molar-refractivity contribution is 6.04. The number of carbonyl (C=O) groups excluding carboxylic acids is 3. The summed E-state index contributed by atoms with van der Waals surface area (Å²) in [6, 6.07) is 22.8. The lowest BCUT2D eigenvalue weighted by Gasteiger charge is -2.37. The first-order valence-corrected chi connectivity index (χ1v) is 14.2. The van der Waals surface area contributed by atoms with Crippen LogP contribution in [0.2, 0.25) is 0 Å². The first-order valence-electron chi connectivity index (χ1n) is 14.2. The smallest absolute Gasteiger partial charge is 0.250 e. The van der Waals surface area contributed by atoms with E-state index in [0.717, 1.165) is 16.7 Å². The number of hydrogen-bond acceptors (Lipinski definition) is 5. The fraction of sp³-hybridized carbons (Fsp3) is 0.364. The fourth-order valence-corrected chi connectivity index (χ4v) is 7.03. The fourth-order valence-electron chi connectivity index (χ4n) is 7.03. The van der Waals surface area contributed by atoms with Crippen molar-refractivity contribution in [2.45, 2.75) is 57.0 Å². The van der Waals surface area contributed by atoms with Crippen LogP contribution < -0.4 is 10.6 Å². The van der Waals surface area contributed by atoms with Gasteiger partial charge >= 0.3 is 0 Å². The predicted molar refractivity (Wildman–Crippen MR) is 154 cm³/mol. The van der Waals surface area contributed by atoms with Crippen LogP contribution in [0.15, 0.2) is 78.9 Å². The summed E-state index contributed by atoms with van der Waals surface area (Å²) in [4.78, 5) is 43.8. The first-order chi connectivity index (χ1) is 19.8. The number of benzene rings is 3. The predicted octanol–water partition coefficient (Wildman–Crippen LogP) is 3.67. The van der Waals surface area contributed by atoms with Crippen molar-refractivity contribution in [1.29, 1.82) is 0 Å². The number of carbonyl (C=O) groups is 3. The molecule has 3 saturated heterocycles. The van der Waals surface area contributed by atoms with Crippen LogP contribution in [0.5, 0.6) is 0 Å². The van der Waals surface area contributed by atoms with E-state index >= 15 is 0 Å². The van der Waals surface area contributed by atoms with Crippen LogP contribution in [0, 0.1) is 25.7 Å². The van der Waals surface area contributed by atoms with Gasteiger partial charge in [0.05, 0.1) is 30.6 Å². The molecule has 3 fully saturated rings. The van der Waals surface area contributed by atoms with Gasteiger partial charge in [-0.1, -0.05) is 72.8 Å². The highest BCUT2D eigenvalue weighted by Crippen LogP contribution is 2.59. The van der Waals surface area contributed by atoms with E-state index in [9.17, 15) is 19.5 Å². The summed E-state index contributed by atoms with van der Waals surface area (Å²) in [5.74, 6) is -2.53. The standard InChI is InChI=1S/C33H35N3O5/c1-20-13-14-21(2)24(17-20)35-31(39)29-33-16-15-26(41-33)27(30(38)34-18-22-9-5-3-6-10-22)28(33)32(40)36(29)25(19-37)23-11-7-4-8-12-23/h3-14,17,25-29,37H,15-16,18-19H2,1-2H3,(H,34,38)(H,35,39)/t25-,26+,27-,28+,29?,33?/m1/s1. The van der Waals surface area contributed by atoms with Crippen LogP contribution in [0.25, 0.3) is 0 Å². The van der Waals surface area contributed by atoms with Crippen molar-refractivity contribution in [1.82, 2.24) is 10.2 Å². The van der Waals surface area contributed by atoms with Crippen molar-refractivity contribution in [2.24, 2.45) is 11.8 Å². The molecule has 6 rings (SSSR count). The SMILES string of the molecule is Cc1ccc(C)c(NC(=O)C2N([C@H](CO)c3ccccc3)C(=O)[C@@H]3[C@H](C(=O)NCc4ccccc4)[C@@H]4CCC23O4)c1. The van der Waals surface area contributed by atoms with Gasteiger partial charge in [0.1, 0.15) is 11.6 Å². The second-order valence-corrected chi connectivity index (χ2v) is 11.4. The van der Waals surface area contributed by atoms with Crippen molar-refractivity contribution >= 4 is 23.4 Å². The monoisotopic (exact) mass is 553 g/mol. The summed E-state index contributed by atoms with van der Waals surface area (Å²) in [6.07, 6.45) is 0.594. The van der Waals surface area contributed by atoms with E-state index in [-0.39, 0.29) is 24.3 Å². The molecule has 41 heavy (non-hydrogen) atoms. The number of fused-ring (bicyclic) bond motifs is 1. The van der Waals surface area contributed by atoms with Crippen molar-refractivity contribution < 1.29 is 24.2 Å². The molecule has 3 amide bonds. The Morgan fingerprint density at radius 3 is 2.44 bits per heavy atom. The Bertz CT molecular complexity index is 1460. The largest absolute Gasteiger partial charge is 0.394 e. The number of ether oxygens (including phenoxy) is 1. The van der Waals surface area contributed by atoms with E-state index in [1.54, 1.807) is 0 Å². The van der Waals surface area contributed by atoms with Gasteiger partial charge in [0, 0.05) is 12.2 Å². The zero-order valence-electron chi connectivity index (χ0n) is 23.2. The van der Waals surface area contributed by atoms with Crippen LogP contribution in [-0.4, -0.2) is 52.1 Å². The van der Waals surface area contributed by atoms with Gasteiger partial charge in [-0.2, -0.15) is 0 Å². The molecule has 2 unspecified atom stereocenters. The molecule has 6 atom stereocenters. The Kier molecular flexibility index (Phi) is 7.13. The summed E-state index contributed by atoms with van der Waals surface area (Å²) < 4.78 is 6.56. The zero-order valence-corrected chi connectivity index (χ0v) is 23.2. The molecule has 212 valence electrons. The maximum absolute atomic E-state index is 14.4. The average Bonchev–Trinajstić information content (AvgIpc) is 3.63. The number of anilines is 1. The zero-order chi connectivity index (χ0) is 28.7. The Labute approximate surface area is 239 Å². The quantitative estimate of drug-likeness (QED) is 0.395. The molecule has 0 radical (unpaired) electrons. The minimum atomic E-state index is -1.17. The molecule has 0 aromatic heterocycles. The van der Waals surface area contributed by atoms with Gasteiger partial charge < -0.3 is 25.4 Å².